The fraction of sp³-hybridized carbons (Fsp3) is 0.115. The summed E-state index contributed by atoms with van der Waals surface area (Å²) >= 11 is 5.43. The maximum Gasteiger partial charge on any atom is 0.337 e. The molecule has 1 aliphatic heterocycles. The number of thiocarbonyl (C=S) groups is 1. The zero-order valence-corrected chi connectivity index (χ0v) is 20.6. The number of hydrazine groups is 1. The quantitative estimate of drug-likeness (QED) is 0.351. The van der Waals surface area contributed by atoms with Gasteiger partial charge in [-0.15, -0.1) is 0 Å². The Morgan fingerprint density at radius 3 is 2.26 bits per heavy atom. The molecule has 0 spiro atoms. The maximum absolute atomic E-state index is 13.6. The molecule has 0 radical (unpaired) electrons. The van der Waals surface area contributed by atoms with Crippen molar-refractivity contribution in [3.8, 4) is 0 Å². The van der Waals surface area contributed by atoms with Crippen molar-refractivity contribution in [2.24, 2.45) is 0 Å². The number of ether oxygens (including phenoxy) is 1. The van der Waals surface area contributed by atoms with Gasteiger partial charge in [-0.1, -0.05) is 6.07 Å². The van der Waals surface area contributed by atoms with Crippen molar-refractivity contribution in [1.29, 1.82) is 0 Å². The number of rotatable bonds is 7. The van der Waals surface area contributed by atoms with Crippen LogP contribution in [0.25, 0.3) is 0 Å². The first-order valence-corrected chi connectivity index (χ1v) is 11.6. The lowest BCUT2D eigenvalue weighted by atomic mass is 10.1. The van der Waals surface area contributed by atoms with Gasteiger partial charge in [-0.3, -0.25) is 24.7 Å². The normalized spacial score (nSPS) is 14.9. The van der Waals surface area contributed by atoms with Crippen LogP contribution in [0.3, 0.4) is 0 Å². The Hall–Kier alpha value is -4.71. The summed E-state index contributed by atoms with van der Waals surface area (Å²) in [4.78, 5) is 51.8. The van der Waals surface area contributed by atoms with Crippen LogP contribution in [0, 0.1) is 11.6 Å². The lowest BCUT2D eigenvalue weighted by molar-refractivity contribution is -0.124. The van der Waals surface area contributed by atoms with E-state index < -0.39 is 47.8 Å². The molecule has 38 heavy (non-hydrogen) atoms. The number of hydrogen-bond acceptors (Lipinski definition) is 6. The highest BCUT2D eigenvalue weighted by atomic mass is 32.1. The summed E-state index contributed by atoms with van der Waals surface area (Å²) in [6.07, 6.45) is -0.432. The highest BCUT2D eigenvalue weighted by Gasteiger charge is 2.45. The lowest BCUT2D eigenvalue weighted by Crippen LogP contribution is -2.49. The molecule has 9 nitrogen and oxygen atoms in total. The molecule has 3 amide bonds. The number of hydrogen-bond donors (Lipinski definition) is 2. The monoisotopic (exact) mass is 538 g/mol. The van der Waals surface area contributed by atoms with E-state index in [0.29, 0.717) is 5.69 Å². The van der Waals surface area contributed by atoms with Gasteiger partial charge < -0.3 is 10.1 Å². The number of esters is 1. The molecule has 1 unspecified atom stereocenters. The van der Waals surface area contributed by atoms with E-state index in [2.05, 4.69) is 15.5 Å². The van der Waals surface area contributed by atoms with Gasteiger partial charge in [-0.2, -0.15) is 0 Å². The van der Waals surface area contributed by atoms with Gasteiger partial charge in [-0.25, -0.2) is 18.6 Å². The average Bonchev–Trinajstić information content (AvgIpc) is 3.13. The Morgan fingerprint density at radius 2 is 1.63 bits per heavy atom. The Bertz CT molecular complexity index is 1420. The van der Waals surface area contributed by atoms with E-state index >= 15 is 0 Å². The molecule has 4 rings (SSSR count). The van der Waals surface area contributed by atoms with Gasteiger partial charge in [0.1, 0.15) is 17.7 Å². The van der Waals surface area contributed by atoms with Gasteiger partial charge in [0.25, 0.3) is 11.8 Å². The van der Waals surface area contributed by atoms with E-state index in [1.165, 1.54) is 61.7 Å². The molecule has 12 heteroatoms. The van der Waals surface area contributed by atoms with Gasteiger partial charge in [-0.05, 0) is 78.9 Å². The summed E-state index contributed by atoms with van der Waals surface area (Å²) in [5.74, 6) is -3.71. The summed E-state index contributed by atoms with van der Waals surface area (Å²) in [5, 5.41) is 3.51. The van der Waals surface area contributed by atoms with Crippen LogP contribution >= 0.6 is 12.2 Å². The molecular weight excluding hydrogens is 518 g/mol. The summed E-state index contributed by atoms with van der Waals surface area (Å²) < 4.78 is 31.8. The van der Waals surface area contributed by atoms with E-state index in [1.54, 1.807) is 0 Å². The molecule has 1 fully saturated rings. The van der Waals surface area contributed by atoms with Crippen molar-refractivity contribution in [2.75, 3.05) is 17.3 Å². The van der Waals surface area contributed by atoms with E-state index in [-0.39, 0.29) is 21.9 Å². The van der Waals surface area contributed by atoms with Crippen LogP contribution in [0.2, 0.25) is 0 Å². The van der Waals surface area contributed by atoms with Gasteiger partial charge in [0, 0.05) is 11.3 Å². The van der Waals surface area contributed by atoms with Crippen LogP contribution in [-0.2, 0) is 14.3 Å². The van der Waals surface area contributed by atoms with Crippen LogP contribution in [0.4, 0.5) is 20.2 Å². The first kappa shape index (κ1) is 26.4. The summed E-state index contributed by atoms with van der Waals surface area (Å²) in [6.45, 7) is 0. The molecule has 0 bridgehead atoms. The highest BCUT2D eigenvalue weighted by Crippen LogP contribution is 2.27. The second-order valence-electron chi connectivity index (χ2n) is 8.09. The van der Waals surface area contributed by atoms with Crippen molar-refractivity contribution >= 4 is 52.4 Å². The first-order chi connectivity index (χ1) is 18.2. The van der Waals surface area contributed by atoms with Crippen LogP contribution in [0.1, 0.15) is 27.1 Å². The molecular formula is C26H20F2N4O5S. The SMILES string of the molecule is COC(=O)c1ccc(NC(=O)CC2C(=O)N(c3ccc(F)cc3)C(=S)N2NC(=O)c2cccc(F)c2)cc1. The zero-order valence-electron chi connectivity index (χ0n) is 19.8. The summed E-state index contributed by atoms with van der Waals surface area (Å²) in [5.41, 5.74) is 3.30. The predicted octanol–water partition coefficient (Wildman–Crippen LogP) is 3.43. The molecule has 0 aromatic heterocycles. The third-order valence-corrected chi connectivity index (χ3v) is 5.96. The van der Waals surface area contributed by atoms with Gasteiger partial charge >= 0.3 is 5.97 Å². The standard InChI is InChI=1S/C26H20F2N4O5S/c1-37-25(36)15-5-9-19(10-6-15)29-22(33)14-21-24(35)31(20-11-7-17(27)8-12-20)26(38)32(21)30-23(34)16-3-2-4-18(28)13-16/h2-13,21H,14H2,1H3,(H,29,33)(H,30,34). The number of halogens is 2. The molecule has 1 aliphatic rings. The van der Waals surface area contributed by atoms with Crippen molar-refractivity contribution in [1.82, 2.24) is 10.4 Å². The molecule has 0 aliphatic carbocycles. The minimum absolute atomic E-state index is 0.0330. The van der Waals surface area contributed by atoms with Crippen LogP contribution < -0.4 is 15.6 Å². The summed E-state index contributed by atoms with van der Waals surface area (Å²) in [7, 11) is 1.25. The molecule has 194 valence electrons. The molecule has 1 saturated heterocycles. The Labute approximate surface area is 220 Å². The van der Waals surface area contributed by atoms with E-state index in [9.17, 15) is 28.0 Å². The predicted molar refractivity (Wildman–Crippen MR) is 137 cm³/mol. The zero-order chi connectivity index (χ0) is 27.4. The number of carbonyl (C=O) groups is 4. The minimum atomic E-state index is -1.26. The Balaban J connectivity index is 1.57. The first-order valence-electron chi connectivity index (χ1n) is 11.2. The minimum Gasteiger partial charge on any atom is -0.465 e. The number of amides is 3. The fourth-order valence-electron chi connectivity index (χ4n) is 3.73. The lowest BCUT2D eigenvalue weighted by Gasteiger charge is -2.24. The van der Waals surface area contributed by atoms with Crippen molar-refractivity contribution in [2.45, 2.75) is 12.5 Å². The van der Waals surface area contributed by atoms with Crippen molar-refractivity contribution < 1.29 is 32.7 Å². The second-order valence-corrected chi connectivity index (χ2v) is 8.46. The smallest absolute Gasteiger partial charge is 0.337 e. The van der Waals surface area contributed by atoms with E-state index in [4.69, 9.17) is 12.2 Å². The van der Waals surface area contributed by atoms with Crippen molar-refractivity contribution in [3.63, 3.8) is 0 Å². The summed E-state index contributed by atoms with van der Waals surface area (Å²) in [6, 6.07) is 14.5. The molecule has 3 aromatic carbocycles. The third-order valence-electron chi connectivity index (χ3n) is 5.58. The Morgan fingerprint density at radius 1 is 0.947 bits per heavy atom. The fourth-order valence-corrected chi connectivity index (χ4v) is 4.09. The number of nitrogens with zero attached hydrogens (tertiary/aromatic N) is 2. The number of anilines is 2. The number of nitrogens with one attached hydrogen (secondary N) is 2. The Kier molecular flexibility index (Phi) is 7.72. The third kappa shape index (κ3) is 5.65. The van der Waals surface area contributed by atoms with Crippen LogP contribution in [0.15, 0.2) is 72.8 Å². The highest BCUT2D eigenvalue weighted by molar-refractivity contribution is 7.80. The topological polar surface area (TPSA) is 108 Å². The van der Waals surface area contributed by atoms with Crippen LogP contribution in [-0.4, -0.2) is 47.0 Å². The molecule has 1 atom stereocenters. The number of benzene rings is 3. The average molecular weight is 539 g/mol. The van der Waals surface area contributed by atoms with Gasteiger partial charge in [0.15, 0.2) is 0 Å². The van der Waals surface area contributed by atoms with Gasteiger partial charge in [0.2, 0.25) is 11.0 Å². The molecule has 3 aromatic rings. The largest absolute Gasteiger partial charge is 0.465 e. The van der Waals surface area contributed by atoms with E-state index in [0.717, 1.165) is 28.1 Å². The van der Waals surface area contributed by atoms with E-state index in [1.807, 2.05) is 0 Å². The second kappa shape index (κ2) is 11.1. The van der Waals surface area contributed by atoms with Crippen molar-refractivity contribution in [3.05, 3.63) is 95.6 Å². The molecule has 2 N–H and O–H groups in total. The molecule has 1 heterocycles. The molecule has 0 saturated carbocycles. The van der Waals surface area contributed by atoms with Gasteiger partial charge in [0.05, 0.1) is 24.8 Å². The maximum atomic E-state index is 13.6. The number of carbonyl (C=O) groups excluding carboxylic acids is 4. The number of methoxy groups -OCH3 is 1. The van der Waals surface area contributed by atoms with Crippen LogP contribution in [0.5, 0.6) is 0 Å².